The van der Waals surface area contributed by atoms with Gasteiger partial charge in [-0.05, 0) is 12.1 Å². The number of rotatable bonds is 2. The van der Waals surface area contributed by atoms with E-state index in [0.29, 0.717) is 0 Å². The molecule has 6 heteroatoms. The standard InChI is InChI=1S/C11H10F2N2O2/c12-9(13)6-15-8-4-2-1-3-7(8)11(17)14-5-10(15)16/h1-4,9H,5-6H2,(H,14,17). The van der Waals surface area contributed by atoms with E-state index >= 15 is 0 Å². The summed E-state index contributed by atoms with van der Waals surface area (Å²) in [5.41, 5.74) is 0.465. The lowest BCUT2D eigenvalue weighted by Gasteiger charge is -2.21. The first-order valence-electron chi connectivity index (χ1n) is 5.05. The maximum atomic E-state index is 12.4. The van der Waals surface area contributed by atoms with E-state index in [1.54, 1.807) is 12.1 Å². The molecule has 1 aromatic rings. The number of hydrogen-bond acceptors (Lipinski definition) is 2. The van der Waals surface area contributed by atoms with Crippen molar-refractivity contribution in [1.82, 2.24) is 5.32 Å². The van der Waals surface area contributed by atoms with Crippen LogP contribution in [0, 0.1) is 0 Å². The number of benzene rings is 1. The highest BCUT2D eigenvalue weighted by Gasteiger charge is 2.27. The van der Waals surface area contributed by atoms with E-state index in [-0.39, 0.29) is 17.8 Å². The zero-order valence-electron chi connectivity index (χ0n) is 8.82. The van der Waals surface area contributed by atoms with Gasteiger partial charge in [0.25, 0.3) is 12.3 Å². The van der Waals surface area contributed by atoms with Gasteiger partial charge in [-0.15, -0.1) is 0 Å². The predicted molar refractivity (Wildman–Crippen MR) is 57.1 cm³/mol. The van der Waals surface area contributed by atoms with Crippen LogP contribution in [0.1, 0.15) is 10.4 Å². The molecule has 1 aliphatic heterocycles. The van der Waals surface area contributed by atoms with E-state index in [1.807, 2.05) is 0 Å². The van der Waals surface area contributed by atoms with Crippen LogP contribution in [0.5, 0.6) is 0 Å². The van der Waals surface area contributed by atoms with Crippen molar-refractivity contribution >= 4 is 17.5 Å². The Morgan fingerprint density at radius 1 is 1.29 bits per heavy atom. The lowest BCUT2D eigenvalue weighted by molar-refractivity contribution is -0.118. The highest BCUT2D eigenvalue weighted by Crippen LogP contribution is 2.23. The molecule has 2 rings (SSSR count). The van der Waals surface area contributed by atoms with Gasteiger partial charge in [-0.3, -0.25) is 9.59 Å². The molecule has 0 atom stereocenters. The van der Waals surface area contributed by atoms with E-state index in [9.17, 15) is 18.4 Å². The zero-order valence-corrected chi connectivity index (χ0v) is 8.82. The van der Waals surface area contributed by atoms with Crippen LogP contribution in [0.2, 0.25) is 0 Å². The molecule has 0 fully saturated rings. The van der Waals surface area contributed by atoms with Gasteiger partial charge in [-0.25, -0.2) is 8.78 Å². The number of carbonyl (C=O) groups excluding carboxylic acids is 2. The van der Waals surface area contributed by atoms with Crippen LogP contribution < -0.4 is 10.2 Å². The monoisotopic (exact) mass is 240 g/mol. The Hall–Kier alpha value is -1.98. The van der Waals surface area contributed by atoms with Crippen molar-refractivity contribution in [3.8, 4) is 0 Å². The van der Waals surface area contributed by atoms with Crippen LogP contribution in [0.15, 0.2) is 24.3 Å². The molecule has 0 aliphatic carbocycles. The summed E-state index contributed by atoms with van der Waals surface area (Å²) >= 11 is 0. The summed E-state index contributed by atoms with van der Waals surface area (Å²) < 4.78 is 24.8. The van der Waals surface area contributed by atoms with Gasteiger partial charge in [-0.2, -0.15) is 0 Å². The molecule has 0 aromatic heterocycles. The number of fused-ring (bicyclic) bond motifs is 1. The average molecular weight is 240 g/mol. The number of hydrogen-bond donors (Lipinski definition) is 1. The summed E-state index contributed by atoms with van der Waals surface area (Å²) in [6.45, 7) is -0.967. The van der Waals surface area contributed by atoms with Crippen LogP contribution in [0.25, 0.3) is 0 Å². The zero-order chi connectivity index (χ0) is 12.4. The van der Waals surface area contributed by atoms with Crippen molar-refractivity contribution in [1.29, 1.82) is 0 Å². The number of alkyl halides is 2. The van der Waals surface area contributed by atoms with Gasteiger partial charge in [0.15, 0.2) is 0 Å². The first kappa shape index (κ1) is 11.5. The fourth-order valence-corrected chi connectivity index (χ4v) is 1.72. The highest BCUT2D eigenvalue weighted by atomic mass is 19.3. The second-order valence-electron chi connectivity index (χ2n) is 3.60. The summed E-state index contributed by atoms with van der Waals surface area (Å²) in [6, 6.07) is 6.21. The van der Waals surface area contributed by atoms with Crippen molar-refractivity contribution in [3.05, 3.63) is 29.8 Å². The molecule has 1 heterocycles. The molecule has 0 saturated heterocycles. The maximum absolute atomic E-state index is 12.4. The van der Waals surface area contributed by atoms with E-state index < -0.39 is 24.8 Å². The van der Waals surface area contributed by atoms with Gasteiger partial charge in [0.05, 0.1) is 24.3 Å². The summed E-state index contributed by atoms with van der Waals surface area (Å²) in [5, 5.41) is 2.38. The van der Waals surface area contributed by atoms with E-state index in [4.69, 9.17) is 0 Å². The third-order valence-electron chi connectivity index (χ3n) is 2.46. The number of anilines is 1. The van der Waals surface area contributed by atoms with Crippen molar-refractivity contribution < 1.29 is 18.4 Å². The summed E-state index contributed by atoms with van der Waals surface area (Å²) in [5.74, 6) is -0.964. The Morgan fingerprint density at radius 3 is 2.71 bits per heavy atom. The lowest BCUT2D eigenvalue weighted by Crippen LogP contribution is -2.39. The van der Waals surface area contributed by atoms with Crippen LogP contribution in [-0.4, -0.2) is 31.3 Å². The average Bonchev–Trinajstić information content (AvgIpc) is 2.42. The van der Waals surface area contributed by atoms with Crippen molar-refractivity contribution in [3.63, 3.8) is 0 Å². The summed E-state index contributed by atoms with van der Waals surface area (Å²) in [7, 11) is 0. The van der Waals surface area contributed by atoms with Gasteiger partial charge < -0.3 is 10.2 Å². The first-order valence-corrected chi connectivity index (χ1v) is 5.05. The molecule has 90 valence electrons. The Kier molecular flexibility index (Phi) is 3.03. The van der Waals surface area contributed by atoms with E-state index in [2.05, 4.69) is 5.32 Å². The molecule has 17 heavy (non-hydrogen) atoms. The largest absolute Gasteiger partial charge is 0.343 e. The van der Waals surface area contributed by atoms with Gasteiger partial charge in [0.1, 0.15) is 0 Å². The topological polar surface area (TPSA) is 49.4 Å². The minimum Gasteiger partial charge on any atom is -0.343 e. The molecule has 4 nitrogen and oxygen atoms in total. The molecular weight excluding hydrogens is 230 g/mol. The maximum Gasteiger partial charge on any atom is 0.256 e. The molecular formula is C11H10F2N2O2. The minimum atomic E-state index is -2.64. The second kappa shape index (κ2) is 4.48. The third kappa shape index (κ3) is 2.25. The number of halogens is 2. The van der Waals surface area contributed by atoms with Crippen LogP contribution >= 0.6 is 0 Å². The molecule has 0 saturated carbocycles. The summed E-state index contributed by atoms with van der Waals surface area (Å²) in [4.78, 5) is 24.2. The first-order chi connectivity index (χ1) is 8.09. The number of carbonyl (C=O) groups is 2. The quantitative estimate of drug-likeness (QED) is 0.839. The minimum absolute atomic E-state index is 0.229. The van der Waals surface area contributed by atoms with Crippen LogP contribution in [-0.2, 0) is 4.79 Å². The molecule has 0 radical (unpaired) electrons. The van der Waals surface area contributed by atoms with Crippen LogP contribution in [0.3, 0.4) is 0 Å². The van der Waals surface area contributed by atoms with Gasteiger partial charge >= 0.3 is 0 Å². The number of nitrogens with one attached hydrogen (secondary N) is 1. The van der Waals surface area contributed by atoms with E-state index in [1.165, 1.54) is 12.1 Å². The Balaban J connectivity index is 2.45. The smallest absolute Gasteiger partial charge is 0.256 e. The fraction of sp³-hybridized carbons (Fsp3) is 0.273. The molecule has 1 aliphatic rings. The molecule has 0 spiro atoms. The molecule has 2 amide bonds. The SMILES string of the molecule is O=C1NCC(=O)N(CC(F)F)c2ccccc21. The van der Waals surface area contributed by atoms with E-state index in [0.717, 1.165) is 4.90 Å². The summed E-state index contributed by atoms with van der Waals surface area (Å²) in [6.07, 6.45) is -2.64. The van der Waals surface area contributed by atoms with Gasteiger partial charge in [0, 0.05) is 0 Å². The van der Waals surface area contributed by atoms with Gasteiger partial charge in [-0.1, -0.05) is 12.1 Å². The molecule has 1 aromatic carbocycles. The van der Waals surface area contributed by atoms with Crippen LogP contribution in [0.4, 0.5) is 14.5 Å². The fourth-order valence-electron chi connectivity index (χ4n) is 1.72. The molecule has 0 bridgehead atoms. The Morgan fingerprint density at radius 2 is 2.00 bits per heavy atom. The number of para-hydroxylation sites is 1. The third-order valence-corrected chi connectivity index (χ3v) is 2.46. The van der Waals surface area contributed by atoms with Gasteiger partial charge in [0.2, 0.25) is 5.91 Å². The number of amides is 2. The second-order valence-corrected chi connectivity index (χ2v) is 3.60. The van der Waals surface area contributed by atoms with Crippen molar-refractivity contribution in [2.45, 2.75) is 6.43 Å². The van der Waals surface area contributed by atoms with Crippen molar-refractivity contribution in [2.24, 2.45) is 0 Å². The Labute approximate surface area is 96.2 Å². The number of nitrogens with zero attached hydrogens (tertiary/aromatic N) is 1. The van der Waals surface area contributed by atoms with Crippen molar-refractivity contribution in [2.75, 3.05) is 18.0 Å². The predicted octanol–water partition coefficient (Wildman–Crippen LogP) is 1.03. The highest BCUT2D eigenvalue weighted by molar-refractivity contribution is 6.09. The Bertz CT molecular complexity index is 463. The molecule has 1 N–H and O–H groups in total. The normalized spacial score (nSPS) is 15.6. The molecule has 0 unspecified atom stereocenters. The lowest BCUT2D eigenvalue weighted by atomic mass is 10.1.